The lowest BCUT2D eigenvalue weighted by molar-refractivity contribution is -0.0143. The van der Waals surface area contributed by atoms with Crippen molar-refractivity contribution in [1.29, 1.82) is 0 Å². The molecule has 136 valence electrons. The molecule has 4 rings (SSSR count). The molecular weight excluding hydrogens is 328 g/mol. The Morgan fingerprint density at radius 3 is 2.60 bits per heavy atom. The van der Waals surface area contributed by atoms with E-state index >= 15 is 0 Å². The molecule has 1 aromatic carbocycles. The Labute approximate surface area is 155 Å². The first-order valence-corrected chi connectivity index (χ1v) is 10.7. The first-order chi connectivity index (χ1) is 12.2. The van der Waals surface area contributed by atoms with Crippen molar-refractivity contribution in [3.05, 3.63) is 34.7 Å². The van der Waals surface area contributed by atoms with Gasteiger partial charge >= 0.3 is 0 Å². The standard InChI is InChI=1S/C21H30N2OS/c1-16-18(17-8-4-5-9-21(17)25-16)14-22-13-10-19(20(24)15-22)23-11-6-2-3-7-12-23/h4-5,8-9,19-20,24H,2-3,6-7,10-15H2,1H3/t19-,20-/m1/s1. The minimum atomic E-state index is -0.211. The van der Waals surface area contributed by atoms with Gasteiger partial charge in [0.05, 0.1) is 6.10 Å². The molecule has 1 aromatic heterocycles. The fourth-order valence-corrected chi connectivity index (χ4v) is 5.70. The summed E-state index contributed by atoms with van der Waals surface area (Å²) in [6.07, 6.45) is 6.20. The van der Waals surface area contributed by atoms with Crippen LogP contribution >= 0.6 is 11.3 Å². The highest BCUT2D eigenvalue weighted by Gasteiger charge is 2.32. The molecule has 2 fully saturated rings. The Kier molecular flexibility index (Phi) is 5.41. The first-order valence-electron chi connectivity index (χ1n) is 9.84. The van der Waals surface area contributed by atoms with Gasteiger partial charge in [0.15, 0.2) is 0 Å². The summed E-state index contributed by atoms with van der Waals surface area (Å²) < 4.78 is 1.38. The average molecular weight is 359 g/mol. The molecule has 2 saturated heterocycles. The quantitative estimate of drug-likeness (QED) is 0.898. The van der Waals surface area contributed by atoms with Crippen LogP contribution in [-0.4, -0.2) is 53.2 Å². The molecule has 25 heavy (non-hydrogen) atoms. The highest BCUT2D eigenvalue weighted by Crippen LogP contribution is 2.32. The second-order valence-corrected chi connectivity index (χ2v) is 9.00. The lowest BCUT2D eigenvalue weighted by Gasteiger charge is -2.41. The second-order valence-electron chi connectivity index (χ2n) is 7.74. The summed E-state index contributed by atoms with van der Waals surface area (Å²) in [6, 6.07) is 9.09. The number of hydrogen-bond donors (Lipinski definition) is 1. The molecule has 0 spiro atoms. The van der Waals surface area contributed by atoms with E-state index < -0.39 is 0 Å². The fourth-order valence-electron chi connectivity index (χ4n) is 4.62. The van der Waals surface area contributed by atoms with Gasteiger partial charge in [-0.2, -0.15) is 0 Å². The van der Waals surface area contributed by atoms with Gasteiger partial charge < -0.3 is 5.11 Å². The maximum atomic E-state index is 10.8. The number of β-amino-alcohol motifs (C(OH)–C–C–N with tert-alkyl or cyclic N) is 1. The smallest absolute Gasteiger partial charge is 0.0822 e. The number of nitrogens with zero attached hydrogens (tertiary/aromatic N) is 2. The van der Waals surface area contributed by atoms with Crippen LogP contribution in [0.4, 0.5) is 0 Å². The van der Waals surface area contributed by atoms with Crippen molar-refractivity contribution < 1.29 is 5.11 Å². The van der Waals surface area contributed by atoms with E-state index in [4.69, 9.17) is 0 Å². The Hall–Kier alpha value is -0.940. The number of piperidine rings is 1. The van der Waals surface area contributed by atoms with Crippen molar-refractivity contribution in [1.82, 2.24) is 9.80 Å². The predicted molar refractivity (Wildman–Crippen MR) is 106 cm³/mol. The minimum Gasteiger partial charge on any atom is -0.390 e. The number of hydrogen-bond acceptors (Lipinski definition) is 4. The number of aryl methyl sites for hydroxylation is 1. The summed E-state index contributed by atoms with van der Waals surface area (Å²) in [6.45, 7) is 7.47. The van der Waals surface area contributed by atoms with Crippen molar-refractivity contribution in [2.24, 2.45) is 0 Å². The highest BCUT2D eigenvalue weighted by molar-refractivity contribution is 7.19. The highest BCUT2D eigenvalue weighted by atomic mass is 32.1. The van der Waals surface area contributed by atoms with E-state index in [1.54, 1.807) is 0 Å². The zero-order valence-electron chi connectivity index (χ0n) is 15.3. The third-order valence-electron chi connectivity index (χ3n) is 6.02. The monoisotopic (exact) mass is 358 g/mol. The van der Waals surface area contributed by atoms with Crippen LogP contribution in [-0.2, 0) is 6.54 Å². The number of aliphatic hydroxyl groups excluding tert-OH is 1. The molecule has 4 heteroatoms. The number of fused-ring (bicyclic) bond motifs is 1. The molecule has 0 amide bonds. The van der Waals surface area contributed by atoms with E-state index in [1.165, 1.54) is 59.3 Å². The summed E-state index contributed by atoms with van der Waals surface area (Å²) >= 11 is 1.90. The lowest BCUT2D eigenvalue weighted by Crippen LogP contribution is -2.54. The van der Waals surface area contributed by atoms with Gasteiger partial charge in [-0.15, -0.1) is 11.3 Å². The van der Waals surface area contributed by atoms with E-state index in [9.17, 15) is 5.11 Å². The van der Waals surface area contributed by atoms with Gasteiger partial charge in [0, 0.05) is 35.3 Å². The van der Waals surface area contributed by atoms with Crippen LogP contribution in [0.5, 0.6) is 0 Å². The zero-order valence-corrected chi connectivity index (χ0v) is 16.1. The van der Waals surface area contributed by atoms with Gasteiger partial charge in [0.2, 0.25) is 0 Å². The van der Waals surface area contributed by atoms with Crippen LogP contribution in [0.3, 0.4) is 0 Å². The molecule has 0 bridgehead atoms. The predicted octanol–water partition coefficient (Wildman–Crippen LogP) is 4.02. The Morgan fingerprint density at radius 2 is 1.84 bits per heavy atom. The summed E-state index contributed by atoms with van der Waals surface area (Å²) in [7, 11) is 0. The number of thiophene rings is 1. The van der Waals surface area contributed by atoms with Crippen molar-refractivity contribution >= 4 is 21.4 Å². The lowest BCUT2D eigenvalue weighted by atomic mass is 9.98. The number of likely N-dealkylation sites (tertiary alicyclic amines) is 2. The second kappa shape index (κ2) is 7.75. The molecule has 3 heterocycles. The molecule has 2 aliphatic heterocycles. The fraction of sp³-hybridized carbons (Fsp3) is 0.619. The van der Waals surface area contributed by atoms with E-state index in [-0.39, 0.29) is 6.10 Å². The van der Waals surface area contributed by atoms with Crippen LogP contribution < -0.4 is 0 Å². The van der Waals surface area contributed by atoms with Crippen molar-refractivity contribution in [3.8, 4) is 0 Å². The van der Waals surface area contributed by atoms with Crippen molar-refractivity contribution in [2.45, 2.75) is 57.7 Å². The molecule has 2 aliphatic rings. The van der Waals surface area contributed by atoms with E-state index in [1.807, 2.05) is 11.3 Å². The third kappa shape index (κ3) is 3.77. The first kappa shape index (κ1) is 17.5. The van der Waals surface area contributed by atoms with Crippen LogP contribution in [0.15, 0.2) is 24.3 Å². The molecule has 2 aromatic rings. The zero-order chi connectivity index (χ0) is 17.2. The SMILES string of the molecule is Cc1sc2ccccc2c1CN1CC[C@@H](N2CCCCCC2)[C@H](O)C1. The molecule has 1 N–H and O–H groups in total. The van der Waals surface area contributed by atoms with Crippen LogP contribution in [0.1, 0.15) is 42.5 Å². The Bertz CT molecular complexity index is 705. The molecular formula is C21H30N2OS. The van der Waals surface area contributed by atoms with E-state index in [2.05, 4.69) is 41.0 Å². The van der Waals surface area contributed by atoms with Crippen LogP contribution in [0, 0.1) is 6.92 Å². The molecule has 0 saturated carbocycles. The topological polar surface area (TPSA) is 26.7 Å². The van der Waals surface area contributed by atoms with Gasteiger partial charge in [-0.3, -0.25) is 9.80 Å². The van der Waals surface area contributed by atoms with Crippen LogP contribution in [0.2, 0.25) is 0 Å². The van der Waals surface area contributed by atoms with Crippen LogP contribution in [0.25, 0.3) is 10.1 Å². The third-order valence-corrected chi connectivity index (χ3v) is 7.15. The summed E-state index contributed by atoms with van der Waals surface area (Å²) in [5.41, 5.74) is 1.46. The van der Waals surface area contributed by atoms with Gasteiger partial charge in [-0.25, -0.2) is 0 Å². The van der Waals surface area contributed by atoms with Gasteiger partial charge in [0.25, 0.3) is 0 Å². The van der Waals surface area contributed by atoms with Gasteiger partial charge in [-0.1, -0.05) is 31.0 Å². The van der Waals surface area contributed by atoms with E-state index in [0.717, 1.165) is 26.1 Å². The van der Waals surface area contributed by atoms with Gasteiger partial charge in [-0.05, 0) is 56.3 Å². The molecule has 2 atom stereocenters. The maximum absolute atomic E-state index is 10.8. The molecule has 0 aliphatic carbocycles. The Morgan fingerprint density at radius 1 is 1.08 bits per heavy atom. The minimum absolute atomic E-state index is 0.211. The number of rotatable bonds is 3. The maximum Gasteiger partial charge on any atom is 0.0822 e. The average Bonchev–Trinajstić information content (AvgIpc) is 2.79. The van der Waals surface area contributed by atoms with Gasteiger partial charge in [0.1, 0.15) is 0 Å². The van der Waals surface area contributed by atoms with Crippen molar-refractivity contribution in [2.75, 3.05) is 26.2 Å². The number of benzene rings is 1. The summed E-state index contributed by atoms with van der Waals surface area (Å²) in [4.78, 5) is 6.45. The Balaban J connectivity index is 1.43. The van der Waals surface area contributed by atoms with E-state index in [0.29, 0.717) is 6.04 Å². The summed E-state index contributed by atoms with van der Waals surface area (Å²) in [5.74, 6) is 0. The van der Waals surface area contributed by atoms with Crippen molar-refractivity contribution in [3.63, 3.8) is 0 Å². The molecule has 0 radical (unpaired) electrons. The largest absolute Gasteiger partial charge is 0.390 e. The normalized spacial score (nSPS) is 26.8. The summed E-state index contributed by atoms with van der Waals surface area (Å²) in [5, 5.41) is 12.2. The molecule has 3 nitrogen and oxygen atoms in total. The molecule has 0 unspecified atom stereocenters. The number of aliphatic hydroxyl groups is 1.